The average molecular weight is 269 g/mol. The lowest BCUT2D eigenvalue weighted by Crippen LogP contribution is -2.15. The number of aliphatic hydroxyl groups excluding tert-OH is 1. The second-order valence-corrected chi connectivity index (χ2v) is 5.18. The fourth-order valence-corrected chi connectivity index (χ4v) is 2.39. The maximum atomic E-state index is 9.39. The van der Waals surface area contributed by atoms with Crippen molar-refractivity contribution in [3.63, 3.8) is 0 Å². The summed E-state index contributed by atoms with van der Waals surface area (Å²) in [5.74, 6) is 0. The first-order valence-electron chi connectivity index (χ1n) is 5.24. The Morgan fingerprint density at radius 1 is 1.53 bits per heavy atom. The summed E-state index contributed by atoms with van der Waals surface area (Å²) in [6, 6.07) is 7.22. The number of aromatic nitrogens is 1. The maximum Gasteiger partial charge on any atom is 0.0926 e. The number of benzene rings is 1. The van der Waals surface area contributed by atoms with Gasteiger partial charge in [-0.2, -0.15) is 0 Å². The Labute approximate surface area is 109 Å². The summed E-state index contributed by atoms with van der Waals surface area (Å²) < 4.78 is 0. The summed E-state index contributed by atoms with van der Waals surface area (Å²) in [4.78, 5) is 4.36. The molecule has 0 aliphatic rings. The molecule has 5 heteroatoms. The van der Waals surface area contributed by atoms with Crippen molar-refractivity contribution in [2.75, 3.05) is 11.9 Å². The molecule has 0 aliphatic heterocycles. The molecular formula is C12H13ClN2OS. The summed E-state index contributed by atoms with van der Waals surface area (Å²) in [6.45, 7) is 1.94. The highest BCUT2D eigenvalue weighted by molar-refractivity contribution is 7.09. The highest BCUT2D eigenvalue weighted by Gasteiger charge is 2.13. The normalized spacial score (nSPS) is 12.4. The van der Waals surface area contributed by atoms with E-state index in [0.717, 1.165) is 16.4 Å². The van der Waals surface area contributed by atoms with Crippen molar-refractivity contribution in [2.24, 2.45) is 0 Å². The molecule has 90 valence electrons. The highest BCUT2D eigenvalue weighted by atomic mass is 35.5. The van der Waals surface area contributed by atoms with Gasteiger partial charge < -0.3 is 10.4 Å². The number of hydrogen-bond donors (Lipinski definition) is 2. The Kier molecular flexibility index (Phi) is 3.99. The fraction of sp³-hybridized carbons (Fsp3) is 0.250. The number of aryl methyl sites for hydroxylation is 1. The van der Waals surface area contributed by atoms with Crippen molar-refractivity contribution in [1.82, 2.24) is 4.98 Å². The number of aliphatic hydroxyl groups is 1. The summed E-state index contributed by atoms with van der Waals surface area (Å²) in [6.07, 6.45) is 0. The maximum absolute atomic E-state index is 9.39. The van der Waals surface area contributed by atoms with Gasteiger partial charge in [-0.05, 0) is 25.1 Å². The van der Waals surface area contributed by atoms with Crippen molar-refractivity contribution in [1.29, 1.82) is 0 Å². The number of thiazole rings is 1. The third-order valence-corrected chi connectivity index (χ3v) is 3.37. The molecule has 1 aromatic heterocycles. The van der Waals surface area contributed by atoms with Crippen LogP contribution in [0.1, 0.15) is 16.7 Å². The van der Waals surface area contributed by atoms with Gasteiger partial charge in [0.2, 0.25) is 0 Å². The van der Waals surface area contributed by atoms with Crippen LogP contribution < -0.4 is 5.32 Å². The summed E-state index contributed by atoms with van der Waals surface area (Å²) >= 11 is 7.48. The number of nitrogens with zero attached hydrogens (tertiary/aromatic N) is 1. The second kappa shape index (κ2) is 5.49. The number of rotatable bonds is 4. The summed E-state index contributed by atoms with van der Waals surface area (Å²) in [5, 5.41) is 16.2. The van der Waals surface area contributed by atoms with E-state index in [2.05, 4.69) is 10.3 Å². The Morgan fingerprint density at radius 3 is 2.94 bits per heavy atom. The molecule has 2 N–H and O–H groups in total. The molecule has 0 amide bonds. The lowest BCUT2D eigenvalue weighted by molar-refractivity contribution is 0.274. The Bertz CT molecular complexity index is 501. The van der Waals surface area contributed by atoms with Crippen molar-refractivity contribution in [3.8, 4) is 0 Å². The zero-order valence-electron chi connectivity index (χ0n) is 9.35. The van der Waals surface area contributed by atoms with Gasteiger partial charge in [-0.25, -0.2) is 4.98 Å². The molecule has 0 bridgehead atoms. The van der Waals surface area contributed by atoms with E-state index in [1.54, 1.807) is 11.3 Å². The van der Waals surface area contributed by atoms with Gasteiger partial charge in [-0.1, -0.05) is 17.7 Å². The van der Waals surface area contributed by atoms with E-state index in [4.69, 9.17) is 11.6 Å². The lowest BCUT2D eigenvalue weighted by Gasteiger charge is -2.15. The van der Waals surface area contributed by atoms with Crippen LogP contribution in [0.2, 0.25) is 5.02 Å². The van der Waals surface area contributed by atoms with E-state index in [0.29, 0.717) is 5.02 Å². The summed E-state index contributed by atoms with van der Waals surface area (Å²) in [5.41, 5.74) is 1.73. The van der Waals surface area contributed by atoms with Crippen molar-refractivity contribution in [2.45, 2.75) is 13.0 Å². The van der Waals surface area contributed by atoms with Gasteiger partial charge in [-0.15, -0.1) is 11.3 Å². The molecule has 0 saturated carbocycles. The van der Waals surface area contributed by atoms with Crippen molar-refractivity contribution >= 4 is 28.6 Å². The van der Waals surface area contributed by atoms with Gasteiger partial charge in [0.15, 0.2) is 0 Å². The minimum Gasteiger partial charge on any atom is -0.394 e. The van der Waals surface area contributed by atoms with Crippen LogP contribution in [0.4, 0.5) is 5.69 Å². The van der Waals surface area contributed by atoms with E-state index >= 15 is 0 Å². The van der Waals surface area contributed by atoms with Gasteiger partial charge >= 0.3 is 0 Å². The molecule has 17 heavy (non-hydrogen) atoms. The van der Waals surface area contributed by atoms with Gasteiger partial charge in [-0.3, -0.25) is 0 Å². The minimum absolute atomic E-state index is 0.00428. The van der Waals surface area contributed by atoms with E-state index in [1.807, 2.05) is 36.6 Å². The van der Waals surface area contributed by atoms with Crippen LogP contribution >= 0.6 is 22.9 Å². The van der Waals surface area contributed by atoms with Crippen LogP contribution in [0.25, 0.3) is 0 Å². The molecule has 0 saturated heterocycles. The highest BCUT2D eigenvalue weighted by Crippen LogP contribution is 2.22. The molecule has 2 aromatic rings. The molecule has 0 fully saturated rings. The SMILES string of the molecule is Cc1nc(C(CO)Nc2cccc(Cl)c2)cs1. The minimum atomic E-state index is -0.196. The van der Waals surface area contributed by atoms with Gasteiger partial charge in [0.05, 0.1) is 23.4 Å². The van der Waals surface area contributed by atoms with Crippen molar-refractivity contribution in [3.05, 3.63) is 45.4 Å². The zero-order chi connectivity index (χ0) is 12.3. The Morgan fingerprint density at radius 2 is 2.35 bits per heavy atom. The van der Waals surface area contributed by atoms with Crippen LogP contribution in [-0.4, -0.2) is 16.7 Å². The van der Waals surface area contributed by atoms with Gasteiger partial charge in [0, 0.05) is 16.1 Å². The predicted octanol–water partition coefficient (Wildman–Crippen LogP) is 3.25. The third-order valence-electron chi connectivity index (χ3n) is 2.34. The third kappa shape index (κ3) is 3.19. The van der Waals surface area contributed by atoms with Crippen molar-refractivity contribution < 1.29 is 5.11 Å². The lowest BCUT2D eigenvalue weighted by atomic mass is 10.2. The molecule has 1 unspecified atom stereocenters. The van der Waals surface area contributed by atoms with Crippen LogP contribution in [0.5, 0.6) is 0 Å². The first-order valence-corrected chi connectivity index (χ1v) is 6.50. The molecule has 0 radical (unpaired) electrons. The number of nitrogens with one attached hydrogen (secondary N) is 1. The van der Waals surface area contributed by atoms with E-state index in [9.17, 15) is 5.11 Å². The Balaban J connectivity index is 2.15. The zero-order valence-corrected chi connectivity index (χ0v) is 10.9. The molecule has 2 rings (SSSR count). The fourth-order valence-electron chi connectivity index (χ4n) is 1.53. The topological polar surface area (TPSA) is 45.2 Å². The predicted molar refractivity (Wildman–Crippen MR) is 71.8 cm³/mol. The average Bonchev–Trinajstić information content (AvgIpc) is 2.73. The largest absolute Gasteiger partial charge is 0.394 e. The smallest absolute Gasteiger partial charge is 0.0926 e. The number of hydrogen-bond acceptors (Lipinski definition) is 4. The first kappa shape index (κ1) is 12.4. The standard InChI is InChI=1S/C12H13ClN2OS/c1-8-14-12(7-17-8)11(6-16)15-10-4-2-3-9(13)5-10/h2-5,7,11,15-16H,6H2,1H3. The van der Waals surface area contributed by atoms with Crippen LogP contribution in [0.15, 0.2) is 29.6 Å². The second-order valence-electron chi connectivity index (χ2n) is 3.68. The van der Waals surface area contributed by atoms with E-state index in [-0.39, 0.29) is 12.6 Å². The van der Waals surface area contributed by atoms with Gasteiger partial charge in [0.25, 0.3) is 0 Å². The number of anilines is 1. The van der Waals surface area contributed by atoms with E-state index in [1.165, 1.54) is 0 Å². The van der Waals surface area contributed by atoms with E-state index < -0.39 is 0 Å². The Hall–Kier alpha value is -1.10. The van der Waals surface area contributed by atoms with Crippen LogP contribution in [0.3, 0.4) is 0 Å². The first-order chi connectivity index (χ1) is 8.19. The molecule has 0 aliphatic carbocycles. The number of halogens is 1. The molecule has 1 atom stereocenters. The molecule has 0 spiro atoms. The quantitative estimate of drug-likeness (QED) is 0.895. The van der Waals surface area contributed by atoms with Crippen LogP contribution in [0, 0.1) is 6.92 Å². The van der Waals surface area contributed by atoms with Gasteiger partial charge in [0.1, 0.15) is 0 Å². The molecule has 1 aromatic carbocycles. The molecule has 3 nitrogen and oxygen atoms in total. The molecular weight excluding hydrogens is 256 g/mol. The monoisotopic (exact) mass is 268 g/mol. The summed E-state index contributed by atoms with van der Waals surface area (Å²) in [7, 11) is 0. The van der Waals surface area contributed by atoms with Crippen LogP contribution in [-0.2, 0) is 0 Å². The molecule has 1 heterocycles.